The number of hydrogen-bond donors (Lipinski definition) is 2. The molecule has 0 radical (unpaired) electrons. The van der Waals surface area contributed by atoms with Gasteiger partial charge in [0, 0.05) is 16.6 Å². The Morgan fingerprint density at radius 3 is 2.95 bits per heavy atom. The summed E-state index contributed by atoms with van der Waals surface area (Å²) >= 11 is 1.75. The van der Waals surface area contributed by atoms with Gasteiger partial charge in [0.25, 0.3) is 0 Å². The van der Waals surface area contributed by atoms with E-state index in [-0.39, 0.29) is 6.04 Å². The SMILES string of the molecule is Cc1cc(C(NN)c2cccc3ccsc23)ccn1. The summed E-state index contributed by atoms with van der Waals surface area (Å²) in [5.74, 6) is 5.78. The van der Waals surface area contributed by atoms with Gasteiger partial charge in [-0.05, 0) is 47.0 Å². The van der Waals surface area contributed by atoms with Crippen LogP contribution in [0.25, 0.3) is 10.1 Å². The standard InChI is InChI=1S/C15H15N3S/c1-10-9-12(5-7-17-10)14(18-16)13-4-2-3-11-6-8-19-15(11)13/h2-9,14,18H,16H2,1H3. The maximum absolute atomic E-state index is 5.78. The van der Waals surface area contributed by atoms with Crippen LogP contribution in [0.5, 0.6) is 0 Å². The lowest BCUT2D eigenvalue weighted by Gasteiger charge is -2.18. The molecule has 3 nitrogen and oxygen atoms in total. The topological polar surface area (TPSA) is 50.9 Å². The van der Waals surface area contributed by atoms with Crippen LogP contribution in [0, 0.1) is 6.92 Å². The van der Waals surface area contributed by atoms with E-state index in [0.29, 0.717) is 0 Å². The van der Waals surface area contributed by atoms with Gasteiger partial charge in [-0.25, -0.2) is 5.43 Å². The Kier molecular flexibility index (Phi) is 3.29. The Morgan fingerprint density at radius 1 is 1.26 bits per heavy atom. The Hall–Kier alpha value is -1.75. The minimum Gasteiger partial charge on any atom is -0.271 e. The number of rotatable bonds is 3. The molecule has 0 spiro atoms. The van der Waals surface area contributed by atoms with E-state index >= 15 is 0 Å². The minimum absolute atomic E-state index is 0.0101. The van der Waals surface area contributed by atoms with Gasteiger partial charge in [0.1, 0.15) is 0 Å². The average Bonchev–Trinajstić information content (AvgIpc) is 2.89. The lowest BCUT2D eigenvalue weighted by atomic mass is 9.98. The van der Waals surface area contributed by atoms with E-state index in [9.17, 15) is 0 Å². The number of fused-ring (bicyclic) bond motifs is 1. The molecule has 2 heterocycles. The summed E-state index contributed by atoms with van der Waals surface area (Å²) < 4.78 is 1.28. The molecule has 0 aliphatic carbocycles. The van der Waals surface area contributed by atoms with Crippen LogP contribution in [0.1, 0.15) is 22.9 Å². The van der Waals surface area contributed by atoms with E-state index in [2.05, 4.69) is 46.1 Å². The predicted molar refractivity (Wildman–Crippen MR) is 80.0 cm³/mol. The fraction of sp³-hybridized carbons (Fsp3) is 0.133. The molecule has 1 aromatic carbocycles. The van der Waals surface area contributed by atoms with Crippen molar-refractivity contribution >= 4 is 21.4 Å². The maximum Gasteiger partial charge on any atom is 0.0725 e. The smallest absolute Gasteiger partial charge is 0.0725 e. The van der Waals surface area contributed by atoms with E-state index < -0.39 is 0 Å². The van der Waals surface area contributed by atoms with Gasteiger partial charge < -0.3 is 0 Å². The van der Waals surface area contributed by atoms with Crippen LogP contribution in [0.4, 0.5) is 0 Å². The average molecular weight is 269 g/mol. The van der Waals surface area contributed by atoms with Crippen molar-refractivity contribution in [3.8, 4) is 0 Å². The molecule has 96 valence electrons. The number of hydrogen-bond acceptors (Lipinski definition) is 4. The van der Waals surface area contributed by atoms with Crippen molar-refractivity contribution in [1.82, 2.24) is 10.4 Å². The van der Waals surface area contributed by atoms with Crippen LogP contribution < -0.4 is 11.3 Å². The molecule has 0 aliphatic heterocycles. The van der Waals surface area contributed by atoms with Gasteiger partial charge in [0.2, 0.25) is 0 Å². The van der Waals surface area contributed by atoms with E-state index in [1.54, 1.807) is 11.3 Å². The van der Waals surface area contributed by atoms with Gasteiger partial charge in [-0.2, -0.15) is 0 Å². The number of benzene rings is 1. The molecular weight excluding hydrogens is 254 g/mol. The molecule has 1 unspecified atom stereocenters. The molecule has 0 saturated carbocycles. The molecule has 0 bridgehead atoms. The summed E-state index contributed by atoms with van der Waals surface area (Å²) in [5, 5.41) is 3.37. The zero-order valence-electron chi connectivity index (χ0n) is 10.6. The molecule has 0 aliphatic rings. The fourth-order valence-electron chi connectivity index (χ4n) is 2.36. The highest BCUT2D eigenvalue weighted by Gasteiger charge is 2.16. The van der Waals surface area contributed by atoms with Crippen molar-refractivity contribution in [3.05, 3.63) is 64.8 Å². The highest BCUT2D eigenvalue weighted by atomic mass is 32.1. The maximum atomic E-state index is 5.78. The van der Waals surface area contributed by atoms with Gasteiger partial charge in [-0.3, -0.25) is 10.8 Å². The summed E-state index contributed by atoms with van der Waals surface area (Å²) in [6, 6.07) is 12.5. The molecule has 3 N–H and O–H groups in total. The highest BCUT2D eigenvalue weighted by Crippen LogP contribution is 2.31. The second kappa shape index (κ2) is 5.09. The Morgan fingerprint density at radius 2 is 2.16 bits per heavy atom. The first-order valence-electron chi connectivity index (χ1n) is 6.14. The lowest BCUT2D eigenvalue weighted by molar-refractivity contribution is 0.640. The molecule has 4 heteroatoms. The first kappa shape index (κ1) is 12.3. The molecule has 0 saturated heterocycles. The van der Waals surface area contributed by atoms with E-state index in [1.807, 2.05) is 19.2 Å². The molecule has 1 atom stereocenters. The van der Waals surface area contributed by atoms with Gasteiger partial charge in [-0.15, -0.1) is 11.3 Å². The molecule has 0 amide bonds. The van der Waals surface area contributed by atoms with Crippen molar-refractivity contribution in [2.75, 3.05) is 0 Å². The Labute approximate surface area is 116 Å². The summed E-state index contributed by atoms with van der Waals surface area (Å²) in [4.78, 5) is 4.24. The third kappa shape index (κ3) is 2.26. The summed E-state index contributed by atoms with van der Waals surface area (Å²) in [5.41, 5.74) is 6.26. The third-order valence-electron chi connectivity index (χ3n) is 3.24. The summed E-state index contributed by atoms with van der Waals surface area (Å²) in [6.07, 6.45) is 1.82. The molecule has 0 fully saturated rings. The molecule has 3 rings (SSSR count). The van der Waals surface area contributed by atoms with Crippen molar-refractivity contribution in [1.29, 1.82) is 0 Å². The zero-order valence-corrected chi connectivity index (χ0v) is 11.4. The molecular formula is C15H15N3S. The van der Waals surface area contributed by atoms with Crippen LogP contribution in [-0.2, 0) is 0 Å². The lowest BCUT2D eigenvalue weighted by Crippen LogP contribution is -2.29. The van der Waals surface area contributed by atoms with Crippen molar-refractivity contribution in [2.24, 2.45) is 5.84 Å². The Balaban J connectivity index is 2.14. The monoisotopic (exact) mass is 269 g/mol. The first-order valence-corrected chi connectivity index (χ1v) is 7.02. The largest absolute Gasteiger partial charge is 0.271 e. The van der Waals surface area contributed by atoms with Crippen LogP contribution in [0.3, 0.4) is 0 Å². The van der Waals surface area contributed by atoms with Crippen LogP contribution in [0.2, 0.25) is 0 Å². The number of nitrogens with zero attached hydrogens (tertiary/aromatic N) is 1. The second-order valence-corrected chi connectivity index (χ2v) is 5.43. The van der Waals surface area contributed by atoms with Gasteiger partial charge in [0.05, 0.1) is 6.04 Å². The number of nitrogens with one attached hydrogen (secondary N) is 1. The number of pyridine rings is 1. The van der Waals surface area contributed by atoms with Crippen LogP contribution in [0.15, 0.2) is 48.0 Å². The minimum atomic E-state index is -0.0101. The molecule has 2 aromatic heterocycles. The Bertz CT molecular complexity index is 705. The molecule has 3 aromatic rings. The van der Waals surface area contributed by atoms with E-state index in [0.717, 1.165) is 11.3 Å². The van der Waals surface area contributed by atoms with Gasteiger partial charge in [0.15, 0.2) is 0 Å². The second-order valence-electron chi connectivity index (χ2n) is 4.52. The van der Waals surface area contributed by atoms with Crippen molar-refractivity contribution < 1.29 is 0 Å². The fourth-order valence-corrected chi connectivity index (χ4v) is 3.30. The number of hydrazine groups is 1. The number of thiophene rings is 1. The van der Waals surface area contributed by atoms with Crippen molar-refractivity contribution in [3.63, 3.8) is 0 Å². The van der Waals surface area contributed by atoms with Crippen LogP contribution >= 0.6 is 11.3 Å². The summed E-state index contributed by atoms with van der Waals surface area (Å²) in [7, 11) is 0. The van der Waals surface area contributed by atoms with Gasteiger partial charge >= 0.3 is 0 Å². The normalized spacial score (nSPS) is 12.7. The van der Waals surface area contributed by atoms with E-state index in [4.69, 9.17) is 5.84 Å². The highest BCUT2D eigenvalue weighted by molar-refractivity contribution is 7.17. The quantitative estimate of drug-likeness (QED) is 0.567. The van der Waals surface area contributed by atoms with E-state index in [1.165, 1.54) is 15.6 Å². The third-order valence-corrected chi connectivity index (χ3v) is 4.22. The predicted octanol–water partition coefficient (Wildman–Crippen LogP) is 3.16. The number of aromatic nitrogens is 1. The zero-order chi connectivity index (χ0) is 13.2. The first-order chi connectivity index (χ1) is 9.29. The molecule has 19 heavy (non-hydrogen) atoms. The van der Waals surface area contributed by atoms with Crippen LogP contribution in [-0.4, -0.2) is 4.98 Å². The number of aryl methyl sites for hydroxylation is 1. The van der Waals surface area contributed by atoms with Crippen molar-refractivity contribution in [2.45, 2.75) is 13.0 Å². The summed E-state index contributed by atoms with van der Waals surface area (Å²) in [6.45, 7) is 1.99. The number of nitrogens with two attached hydrogens (primary N) is 1. The van der Waals surface area contributed by atoms with Gasteiger partial charge in [-0.1, -0.05) is 18.2 Å².